The Labute approximate surface area is 86.8 Å². The van der Waals surface area contributed by atoms with Crippen LogP contribution in [0.5, 0.6) is 0 Å². The molecule has 1 heterocycles. The van der Waals surface area contributed by atoms with Crippen LogP contribution in [0, 0.1) is 0 Å². The molecule has 1 rings (SSSR count). The van der Waals surface area contributed by atoms with Crippen molar-refractivity contribution in [1.29, 1.82) is 0 Å². The molecule has 2 unspecified atom stereocenters. The van der Waals surface area contributed by atoms with E-state index in [0.29, 0.717) is 12.8 Å². The molecule has 1 fully saturated rings. The van der Waals surface area contributed by atoms with Gasteiger partial charge in [0, 0.05) is 0 Å². The predicted molar refractivity (Wildman–Crippen MR) is 57.1 cm³/mol. The van der Waals surface area contributed by atoms with Crippen molar-refractivity contribution < 1.29 is 13.2 Å². The van der Waals surface area contributed by atoms with Gasteiger partial charge in [-0.25, -0.2) is 8.42 Å². The number of sulfone groups is 1. The van der Waals surface area contributed by atoms with Crippen LogP contribution in [0.3, 0.4) is 0 Å². The van der Waals surface area contributed by atoms with Gasteiger partial charge in [0.1, 0.15) is 0 Å². The largest absolute Gasteiger partial charge is 0.373 e. The molecule has 2 atom stereocenters. The number of hydrogen-bond donors (Lipinski definition) is 0. The first-order chi connectivity index (χ1) is 6.21. The van der Waals surface area contributed by atoms with Gasteiger partial charge < -0.3 is 4.74 Å². The van der Waals surface area contributed by atoms with Crippen LogP contribution in [0.1, 0.15) is 40.5 Å². The van der Waals surface area contributed by atoms with E-state index in [4.69, 9.17) is 4.74 Å². The first-order valence-electron chi connectivity index (χ1n) is 5.10. The van der Waals surface area contributed by atoms with E-state index in [0.717, 1.165) is 0 Å². The maximum atomic E-state index is 11.4. The Balaban J connectivity index is 2.56. The molecule has 14 heavy (non-hydrogen) atoms. The second-order valence-electron chi connectivity index (χ2n) is 5.05. The minimum atomic E-state index is -2.83. The third-order valence-electron chi connectivity index (χ3n) is 2.45. The number of ether oxygens (including phenoxy) is 1. The van der Waals surface area contributed by atoms with Crippen LogP contribution in [0.4, 0.5) is 0 Å². The van der Waals surface area contributed by atoms with Gasteiger partial charge in [-0.15, -0.1) is 0 Å². The zero-order chi connectivity index (χ0) is 11.0. The maximum absolute atomic E-state index is 11.4. The lowest BCUT2D eigenvalue weighted by atomic mass is 10.1. The molecule has 0 aromatic heterocycles. The molecule has 84 valence electrons. The minimum absolute atomic E-state index is 0.105. The van der Waals surface area contributed by atoms with Crippen LogP contribution in [0.25, 0.3) is 0 Å². The van der Waals surface area contributed by atoms with E-state index in [9.17, 15) is 8.42 Å². The van der Waals surface area contributed by atoms with Crippen molar-refractivity contribution in [3.05, 3.63) is 0 Å². The smallest absolute Gasteiger partial charge is 0.153 e. The monoisotopic (exact) mass is 220 g/mol. The molecule has 1 saturated heterocycles. The van der Waals surface area contributed by atoms with E-state index in [1.807, 2.05) is 20.8 Å². The molecule has 3 nitrogen and oxygen atoms in total. The normalized spacial score (nSPS) is 32.9. The molecule has 1 aliphatic rings. The Bertz CT molecular complexity index is 287. The first kappa shape index (κ1) is 12.0. The highest BCUT2D eigenvalue weighted by Gasteiger charge is 2.32. The molecule has 0 radical (unpaired) electrons. The summed E-state index contributed by atoms with van der Waals surface area (Å²) in [7, 11) is -2.83. The van der Waals surface area contributed by atoms with E-state index >= 15 is 0 Å². The van der Waals surface area contributed by atoms with Gasteiger partial charge in [0.25, 0.3) is 0 Å². The van der Waals surface area contributed by atoms with E-state index in [1.54, 1.807) is 6.92 Å². The van der Waals surface area contributed by atoms with Gasteiger partial charge in [-0.2, -0.15) is 0 Å². The van der Waals surface area contributed by atoms with Gasteiger partial charge in [-0.1, -0.05) is 0 Å². The third-order valence-corrected chi connectivity index (χ3v) is 4.68. The van der Waals surface area contributed by atoms with Crippen LogP contribution < -0.4 is 0 Å². The fourth-order valence-electron chi connectivity index (χ4n) is 1.74. The topological polar surface area (TPSA) is 43.4 Å². The van der Waals surface area contributed by atoms with Crippen molar-refractivity contribution in [2.24, 2.45) is 0 Å². The first-order valence-corrected chi connectivity index (χ1v) is 6.82. The summed E-state index contributed by atoms with van der Waals surface area (Å²) in [6, 6.07) is 0. The SMILES string of the molecule is CC1CC(OC(C)(C)C)CCS1(=O)=O. The van der Waals surface area contributed by atoms with E-state index < -0.39 is 9.84 Å². The van der Waals surface area contributed by atoms with Gasteiger partial charge >= 0.3 is 0 Å². The van der Waals surface area contributed by atoms with Crippen LogP contribution >= 0.6 is 0 Å². The Hall–Kier alpha value is -0.0900. The Kier molecular flexibility index (Phi) is 3.26. The maximum Gasteiger partial charge on any atom is 0.153 e. The van der Waals surface area contributed by atoms with Gasteiger partial charge in [-0.3, -0.25) is 0 Å². The van der Waals surface area contributed by atoms with Crippen molar-refractivity contribution in [1.82, 2.24) is 0 Å². The van der Waals surface area contributed by atoms with Crippen molar-refractivity contribution in [3.63, 3.8) is 0 Å². The highest BCUT2D eigenvalue weighted by atomic mass is 32.2. The minimum Gasteiger partial charge on any atom is -0.373 e. The van der Waals surface area contributed by atoms with Gasteiger partial charge in [0.05, 0.1) is 22.7 Å². The second-order valence-corrected chi connectivity index (χ2v) is 7.59. The zero-order valence-corrected chi connectivity index (χ0v) is 10.2. The molecule has 1 aliphatic heterocycles. The zero-order valence-electron chi connectivity index (χ0n) is 9.41. The molecular formula is C10H20O3S. The highest BCUT2D eigenvalue weighted by molar-refractivity contribution is 7.92. The molecule has 0 amide bonds. The predicted octanol–water partition coefficient (Wildman–Crippen LogP) is 1.77. The fraction of sp³-hybridized carbons (Fsp3) is 1.00. The van der Waals surface area contributed by atoms with Gasteiger partial charge in [-0.05, 0) is 40.5 Å². The Morgan fingerprint density at radius 1 is 1.29 bits per heavy atom. The summed E-state index contributed by atoms with van der Waals surface area (Å²) < 4.78 is 28.7. The van der Waals surface area contributed by atoms with Crippen molar-refractivity contribution >= 4 is 9.84 Å². The van der Waals surface area contributed by atoms with E-state index in [1.165, 1.54) is 0 Å². The quantitative estimate of drug-likeness (QED) is 0.676. The van der Waals surface area contributed by atoms with Crippen LogP contribution in [0.15, 0.2) is 0 Å². The summed E-state index contributed by atoms with van der Waals surface area (Å²) in [6.07, 6.45) is 1.39. The Morgan fingerprint density at radius 2 is 1.86 bits per heavy atom. The summed E-state index contributed by atoms with van der Waals surface area (Å²) in [5.41, 5.74) is -0.175. The van der Waals surface area contributed by atoms with Gasteiger partial charge in [0.2, 0.25) is 0 Å². The van der Waals surface area contributed by atoms with Gasteiger partial charge in [0.15, 0.2) is 9.84 Å². The summed E-state index contributed by atoms with van der Waals surface area (Å²) in [5, 5.41) is -0.247. The molecule has 0 saturated carbocycles. The van der Waals surface area contributed by atoms with Crippen molar-refractivity contribution in [2.45, 2.75) is 57.5 Å². The third kappa shape index (κ3) is 3.24. The average Bonchev–Trinajstić information content (AvgIpc) is 1.95. The molecule has 4 heteroatoms. The summed E-state index contributed by atoms with van der Waals surface area (Å²) in [6.45, 7) is 7.77. The Morgan fingerprint density at radius 3 is 2.29 bits per heavy atom. The lowest BCUT2D eigenvalue weighted by Crippen LogP contribution is -2.38. The van der Waals surface area contributed by atoms with E-state index in [2.05, 4.69) is 0 Å². The summed E-state index contributed by atoms with van der Waals surface area (Å²) in [4.78, 5) is 0. The van der Waals surface area contributed by atoms with Crippen LogP contribution in [0.2, 0.25) is 0 Å². The molecular weight excluding hydrogens is 200 g/mol. The molecule has 0 aliphatic carbocycles. The fourth-order valence-corrected chi connectivity index (χ4v) is 3.24. The highest BCUT2D eigenvalue weighted by Crippen LogP contribution is 2.25. The molecule has 0 spiro atoms. The number of rotatable bonds is 1. The van der Waals surface area contributed by atoms with Crippen molar-refractivity contribution in [3.8, 4) is 0 Å². The molecule has 0 aromatic carbocycles. The standard InChI is InChI=1S/C10H20O3S/c1-8-7-9(13-10(2,3)4)5-6-14(8,11)12/h8-9H,5-7H2,1-4H3. The molecule has 0 bridgehead atoms. The van der Waals surface area contributed by atoms with E-state index in [-0.39, 0.29) is 22.7 Å². The van der Waals surface area contributed by atoms with Crippen LogP contribution in [-0.2, 0) is 14.6 Å². The lowest BCUT2D eigenvalue weighted by molar-refractivity contribution is -0.0652. The average molecular weight is 220 g/mol. The summed E-state index contributed by atoms with van der Waals surface area (Å²) in [5.74, 6) is 0.273. The second kappa shape index (κ2) is 3.81. The molecule has 0 aromatic rings. The summed E-state index contributed by atoms with van der Waals surface area (Å²) >= 11 is 0. The van der Waals surface area contributed by atoms with Crippen LogP contribution in [-0.4, -0.2) is 31.1 Å². The lowest BCUT2D eigenvalue weighted by Gasteiger charge is -2.32. The number of hydrogen-bond acceptors (Lipinski definition) is 3. The van der Waals surface area contributed by atoms with Crippen molar-refractivity contribution in [2.75, 3.05) is 5.75 Å². The molecule has 0 N–H and O–H groups in total.